The van der Waals surface area contributed by atoms with Crippen LogP contribution in [0, 0.1) is 5.92 Å². The van der Waals surface area contributed by atoms with Gasteiger partial charge in [-0.2, -0.15) is 0 Å². The second-order valence-electron chi connectivity index (χ2n) is 7.79. The summed E-state index contributed by atoms with van der Waals surface area (Å²) in [5.41, 5.74) is 1.29. The quantitative estimate of drug-likeness (QED) is 0.853. The van der Waals surface area contributed by atoms with Crippen molar-refractivity contribution < 1.29 is 4.79 Å². The predicted octanol–water partition coefficient (Wildman–Crippen LogP) is 2.38. The van der Waals surface area contributed by atoms with Crippen molar-refractivity contribution in [2.24, 2.45) is 5.92 Å². The zero-order valence-electron chi connectivity index (χ0n) is 14.7. The van der Waals surface area contributed by atoms with Gasteiger partial charge in [-0.15, -0.1) is 0 Å². The Hall–Kier alpha value is -1.39. The van der Waals surface area contributed by atoms with Crippen molar-refractivity contribution in [3.05, 3.63) is 35.9 Å². The summed E-state index contributed by atoms with van der Waals surface area (Å²) in [5.74, 6) is 0.563. The predicted molar refractivity (Wildman–Crippen MR) is 95.7 cm³/mol. The van der Waals surface area contributed by atoms with Gasteiger partial charge in [-0.3, -0.25) is 9.69 Å². The van der Waals surface area contributed by atoms with Crippen LogP contribution in [0.2, 0.25) is 0 Å². The molecular formula is C20H29N3O. The first-order valence-electron chi connectivity index (χ1n) is 9.50. The van der Waals surface area contributed by atoms with Crippen molar-refractivity contribution in [2.75, 3.05) is 39.8 Å². The third kappa shape index (κ3) is 3.35. The minimum Gasteiger partial charge on any atom is -0.333 e. The lowest BCUT2D eigenvalue weighted by molar-refractivity contribution is -0.142. The topological polar surface area (TPSA) is 26.8 Å². The van der Waals surface area contributed by atoms with Crippen LogP contribution in [0.1, 0.15) is 37.3 Å². The number of piperazine rings is 1. The molecule has 0 radical (unpaired) electrons. The standard InChI is InChI=1S/C20H29N3O/c1-21-11-5-8-17(14-21)20(24)23-13-12-22(18-9-10-18)15-19(23)16-6-3-2-4-7-16/h2-4,6-7,17-19H,5,8-15H2,1H3. The van der Waals surface area contributed by atoms with Crippen molar-refractivity contribution in [3.8, 4) is 0 Å². The molecule has 4 heteroatoms. The Kier molecular flexibility index (Phi) is 4.59. The number of rotatable bonds is 3. The molecule has 1 aromatic rings. The van der Waals surface area contributed by atoms with Crippen molar-refractivity contribution in [3.63, 3.8) is 0 Å². The van der Waals surface area contributed by atoms with Crippen LogP contribution >= 0.6 is 0 Å². The maximum atomic E-state index is 13.3. The van der Waals surface area contributed by atoms with E-state index in [2.05, 4.69) is 52.1 Å². The summed E-state index contributed by atoms with van der Waals surface area (Å²) in [5, 5.41) is 0. The number of hydrogen-bond donors (Lipinski definition) is 0. The van der Waals surface area contributed by atoms with E-state index in [4.69, 9.17) is 0 Å². The minimum absolute atomic E-state index is 0.183. The maximum Gasteiger partial charge on any atom is 0.227 e. The van der Waals surface area contributed by atoms with Gasteiger partial charge in [-0.1, -0.05) is 30.3 Å². The van der Waals surface area contributed by atoms with Gasteiger partial charge in [0.15, 0.2) is 0 Å². The first-order chi connectivity index (χ1) is 11.7. The van der Waals surface area contributed by atoms with E-state index in [0.717, 1.165) is 51.6 Å². The molecule has 2 unspecified atom stereocenters. The highest BCUT2D eigenvalue weighted by atomic mass is 16.2. The van der Waals surface area contributed by atoms with Gasteiger partial charge in [-0.25, -0.2) is 0 Å². The molecule has 2 heterocycles. The van der Waals surface area contributed by atoms with E-state index < -0.39 is 0 Å². The van der Waals surface area contributed by atoms with Crippen molar-refractivity contribution in [1.82, 2.24) is 14.7 Å². The fourth-order valence-corrected chi connectivity index (χ4v) is 4.40. The van der Waals surface area contributed by atoms with E-state index in [1.54, 1.807) is 0 Å². The van der Waals surface area contributed by atoms with Crippen LogP contribution in [-0.4, -0.2) is 66.4 Å². The van der Waals surface area contributed by atoms with Gasteiger partial charge >= 0.3 is 0 Å². The number of piperidine rings is 1. The Bertz CT molecular complexity index is 572. The van der Waals surface area contributed by atoms with E-state index in [0.29, 0.717) is 5.91 Å². The molecule has 1 aromatic carbocycles. The molecule has 0 N–H and O–H groups in total. The number of carbonyl (C=O) groups excluding carboxylic acids is 1. The second kappa shape index (κ2) is 6.85. The summed E-state index contributed by atoms with van der Waals surface area (Å²) in [6.07, 6.45) is 4.87. The molecule has 4 rings (SSSR count). The lowest BCUT2D eigenvalue weighted by Crippen LogP contribution is -2.54. The fraction of sp³-hybridized carbons (Fsp3) is 0.650. The average Bonchev–Trinajstić information content (AvgIpc) is 3.46. The Morgan fingerprint density at radius 3 is 2.50 bits per heavy atom. The third-order valence-corrected chi connectivity index (χ3v) is 5.92. The molecule has 2 atom stereocenters. The van der Waals surface area contributed by atoms with Gasteiger partial charge < -0.3 is 9.80 Å². The van der Waals surface area contributed by atoms with Crippen LogP contribution in [0.5, 0.6) is 0 Å². The number of hydrogen-bond acceptors (Lipinski definition) is 3. The Labute approximate surface area is 145 Å². The van der Waals surface area contributed by atoms with Crippen LogP contribution in [0.25, 0.3) is 0 Å². The van der Waals surface area contributed by atoms with E-state index in [-0.39, 0.29) is 12.0 Å². The normalized spacial score (nSPS) is 29.6. The highest BCUT2D eigenvalue weighted by Gasteiger charge is 2.39. The zero-order chi connectivity index (χ0) is 16.5. The number of carbonyl (C=O) groups is 1. The van der Waals surface area contributed by atoms with Gasteiger partial charge in [0, 0.05) is 32.2 Å². The molecule has 24 heavy (non-hydrogen) atoms. The van der Waals surface area contributed by atoms with E-state index in [1.165, 1.54) is 18.4 Å². The molecule has 1 aliphatic carbocycles. The van der Waals surface area contributed by atoms with Crippen LogP contribution in [-0.2, 0) is 4.79 Å². The second-order valence-corrected chi connectivity index (χ2v) is 7.79. The van der Waals surface area contributed by atoms with Gasteiger partial charge in [-0.05, 0) is 44.8 Å². The lowest BCUT2D eigenvalue weighted by Gasteiger charge is -2.44. The van der Waals surface area contributed by atoms with Gasteiger partial charge in [0.05, 0.1) is 12.0 Å². The number of likely N-dealkylation sites (tertiary alicyclic amines) is 1. The van der Waals surface area contributed by atoms with E-state index >= 15 is 0 Å². The van der Waals surface area contributed by atoms with Crippen LogP contribution in [0.3, 0.4) is 0 Å². The van der Waals surface area contributed by atoms with Crippen LogP contribution in [0.4, 0.5) is 0 Å². The Morgan fingerprint density at radius 1 is 1.00 bits per heavy atom. The summed E-state index contributed by atoms with van der Waals surface area (Å²) >= 11 is 0. The first kappa shape index (κ1) is 16.1. The van der Waals surface area contributed by atoms with Crippen molar-refractivity contribution in [2.45, 2.75) is 37.8 Å². The molecular weight excluding hydrogens is 298 g/mol. The zero-order valence-corrected chi connectivity index (χ0v) is 14.7. The van der Waals surface area contributed by atoms with E-state index in [9.17, 15) is 4.79 Å². The summed E-state index contributed by atoms with van der Waals surface area (Å²) in [6, 6.07) is 11.6. The summed E-state index contributed by atoms with van der Waals surface area (Å²) in [6.45, 7) is 4.98. The lowest BCUT2D eigenvalue weighted by atomic mass is 9.94. The summed E-state index contributed by atoms with van der Waals surface area (Å²) in [4.78, 5) is 20.4. The highest BCUT2D eigenvalue weighted by molar-refractivity contribution is 5.80. The molecule has 3 aliphatic rings. The monoisotopic (exact) mass is 327 g/mol. The maximum absolute atomic E-state index is 13.3. The molecule has 0 aromatic heterocycles. The third-order valence-electron chi connectivity index (χ3n) is 5.92. The molecule has 0 bridgehead atoms. The molecule has 130 valence electrons. The summed E-state index contributed by atoms with van der Waals surface area (Å²) in [7, 11) is 2.14. The van der Waals surface area contributed by atoms with Gasteiger partial charge in [0.2, 0.25) is 5.91 Å². The Morgan fingerprint density at radius 2 is 1.79 bits per heavy atom. The molecule has 3 fully saturated rings. The molecule has 2 saturated heterocycles. The Balaban J connectivity index is 1.54. The molecule has 4 nitrogen and oxygen atoms in total. The summed E-state index contributed by atoms with van der Waals surface area (Å²) < 4.78 is 0. The highest BCUT2D eigenvalue weighted by Crippen LogP contribution is 2.34. The molecule has 0 spiro atoms. The van der Waals surface area contributed by atoms with Gasteiger partial charge in [0.25, 0.3) is 0 Å². The number of nitrogens with zero attached hydrogens (tertiary/aromatic N) is 3. The smallest absolute Gasteiger partial charge is 0.227 e. The molecule has 2 aliphatic heterocycles. The number of benzene rings is 1. The average molecular weight is 327 g/mol. The largest absolute Gasteiger partial charge is 0.333 e. The van der Waals surface area contributed by atoms with Crippen LogP contribution in [0.15, 0.2) is 30.3 Å². The fourth-order valence-electron chi connectivity index (χ4n) is 4.40. The minimum atomic E-state index is 0.183. The molecule has 1 saturated carbocycles. The SMILES string of the molecule is CN1CCCC(C(=O)N2CCN(C3CC3)CC2c2ccccc2)C1. The van der Waals surface area contributed by atoms with Crippen molar-refractivity contribution in [1.29, 1.82) is 0 Å². The van der Waals surface area contributed by atoms with Crippen LogP contribution < -0.4 is 0 Å². The van der Waals surface area contributed by atoms with Gasteiger partial charge in [0.1, 0.15) is 0 Å². The van der Waals surface area contributed by atoms with Crippen molar-refractivity contribution >= 4 is 5.91 Å². The first-order valence-corrected chi connectivity index (χ1v) is 9.50. The number of amides is 1. The molecule has 1 amide bonds. The van der Waals surface area contributed by atoms with E-state index in [1.807, 2.05) is 0 Å².